The fourth-order valence-electron chi connectivity index (χ4n) is 3.53. The van der Waals surface area contributed by atoms with Gasteiger partial charge in [-0.15, -0.1) is 0 Å². The topological polar surface area (TPSA) is 94.3 Å². The quantitative estimate of drug-likeness (QED) is 0.821. The first kappa shape index (κ1) is 19.4. The maximum absolute atomic E-state index is 12.8. The lowest BCUT2D eigenvalue weighted by molar-refractivity contribution is -0.142. The van der Waals surface area contributed by atoms with Crippen LogP contribution in [0.3, 0.4) is 0 Å². The monoisotopic (exact) mass is 377 g/mol. The molecule has 0 unspecified atom stereocenters. The second-order valence-electron chi connectivity index (χ2n) is 6.92. The zero-order valence-corrected chi connectivity index (χ0v) is 15.9. The third-order valence-electron chi connectivity index (χ3n) is 5.30. The van der Waals surface area contributed by atoms with Gasteiger partial charge < -0.3 is 29.7 Å². The van der Waals surface area contributed by atoms with Gasteiger partial charge in [-0.1, -0.05) is 0 Å². The standard InChI is InChI=1S/C19H27N3O5/c1-25-15-4-3-14(13-16(15)26-2)17(23)21-7-9-22(10-8-21)18(24)19(20)5-11-27-12-6-19/h3-4,13H,5-12,20H2,1-2H3. The molecular weight excluding hydrogens is 350 g/mol. The summed E-state index contributed by atoms with van der Waals surface area (Å²) in [6.45, 7) is 2.95. The van der Waals surface area contributed by atoms with Crippen molar-refractivity contribution in [3.8, 4) is 11.5 Å². The molecule has 2 fully saturated rings. The summed E-state index contributed by atoms with van der Waals surface area (Å²) in [7, 11) is 3.09. The average molecular weight is 377 g/mol. The largest absolute Gasteiger partial charge is 0.493 e. The highest BCUT2D eigenvalue weighted by atomic mass is 16.5. The fraction of sp³-hybridized carbons (Fsp3) is 0.579. The number of carbonyl (C=O) groups excluding carboxylic acids is 2. The first-order chi connectivity index (χ1) is 13.0. The molecule has 2 aliphatic rings. The summed E-state index contributed by atoms with van der Waals surface area (Å²) in [6, 6.07) is 5.11. The van der Waals surface area contributed by atoms with E-state index in [-0.39, 0.29) is 11.8 Å². The van der Waals surface area contributed by atoms with E-state index in [1.807, 2.05) is 0 Å². The van der Waals surface area contributed by atoms with Crippen molar-refractivity contribution in [2.45, 2.75) is 18.4 Å². The third-order valence-corrected chi connectivity index (χ3v) is 5.30. The second kappa shape index (κ2) is 8.14. The lowest BCUT2D eigenvalue weighted by Gasteiger charge is -2.41. The first-order valence-electron chi connectivity index (χ1n) is 9.16. The number of nitrogens with two attached hydrogens (primary N) is 1. The fourth-order valence-corrected chi connectivity index (χ4v) is 3.53. The van der Waals surface area contributed by atoms with Crippen LogP contribution in [0.4, 0.5) is 0 Å². The van der Waals surface area contributed by atoms with Gasteiger partial charge in [0.15, 0.2) is 11.5 Å². The van der Waals surface area contributed by atoms with Crippen LogP contribution in [0.5, 0.6) is 11.5 Å². The molecule has 0 bridgehead atoms. The molecule has 1 aromatic carbocycles. The molecule has 0 spiro atoms. The highest BCUT2D eigenvalue weighted by Gasteiger charge is 2.40. The van der Waals surface area contributed by atoms with Crippen molar-refractivity contribution < 1.29 is 23.8 Å². The molecule has 2 heterocycles. The number of ether oxygens (including phenoxy) is 3. The predicted molar refractivity (Wildman–Crippen MR) is 99.0 cm³/mol. The molecule has 0 aromatic heterocycles. The Balaban J connectivity index is 1.62. The van der Waals surface area contributed by atoms with Crippen molar-refractivity contribution in [2.75, 3.05) is 53.6 Å². The van der Waals surface area contributed by atoms with E-state index in [2.05, 4.69) is 0 Å². The zero-order chi connectivity index (χ0) is 19.4. The van der Waals surface area contributed by atoms with Gasteiger partial charge in [0.25, 0.3) is 5.91 Å². The van der Waals surface area contributed by atoms with Crippen molar-refractivity contribution >= 4 is 11.8 Å². The number of methoxy groups -OCH3 is 2. The molecule has 0 atom stereocenters. The van der Waals surface area contributed by atoms with Crippen molar-refractivity contribution in [3.63, 3.8) is 0 Å². The molecule has 2 saturated heterocycles. The average Bonchev–Trinajstić information content (AvgIpc) is 2.72. The number of nitrogens with zero attached hydrogens (tertiary/aromatic N) is 2. The van der Waals surface area contributed by atoms with Gasteiger partial charge in [0.05, 0.1) is 19.8 Å². The maximum Gasteiger partial charge on any atom is 0.254 e. The van der Waals surface area contributed by atoms with Crippen molar-refractivity contribution in [1.82, 2.24) is 9.80 Å². The molecule has 0 radical (unpaired) electrons. The molecule has 3 rings (SSSR count). The van der Waals surface area contributed by atoms with Gasteiger partial charge in [-0.25, -0.2) is 0 Å². The predicted octanol–water partition coefficient (Wildman–Crippen LogP) is 0.496. The van der Waals surface area contributed by atoms with Crippen molar-refractivity contribution in [3.05, 3.63) is 23.8 Å². The normalized spacial score (nSPS) is 19.5. The molecule has 8 heteroatoms. The summed E-state index contributed by atoms with van der Waals surface area (Å²) < 4.78 is 15.8. The Kier molecular flexibility index (Phi) is 5.86. The Bertz CT molecular complexity index is 695. The Morgan fingerprint density at radius 2 is 1.59 bits per heavy atom. The van der Waals surface area contributed by atoms with Gasteiger partial charge in [-0.05, 0) is 31.0 Å². The van der Waals surface area contributed by atoms with E-state index in [9.17, 15) is 9.59 Å². The molecule has 1 aromatic rings. The number of rotatable bonds is 4. The lowest BCUT2D eigenvalue weighted by Crippen LogP contribution is -2.61. The van der Waals surface area contributed by atoms with Crippen LogP contribution in [0.15, 0.2) is 18.2 Å². The van der Waals surface area contributed by atoms with Gasteiger partial charge in [0.1, 0.15) is 0 Å². The Hall–Kier alpha value is -2.32. The summed E-state index contributed by atoms with van der Waals surface area (Å²) in [5.74, 6) is 0.969. The molecule has 2 amide bonds. The molecule has 148 valence electrons. The van der Waals surface area contributed by atoms with Crippen LogP contribution in [0, 0.1) is 0 Å². The summed E-state index contributed by atoms with van der Waals surface area (Å²) in [6.07, 6.45) is 1.08. The van der Waals surface area contributed by atoms with E-state index in [4.69, 9.17) is 19.9 Å². The zero-order valence-electron chi connectivity index (χ0n) is 15.9. The molecule has 0 saturated carbocycles. The summed E-state index contributed by atoms with van der Waals surface area (Å²) >= 11 is 0. The highest BCUT2D eigenvalue weighted by Crippen LogP contribution is 2.28. The van der Waals surface area contributed by atoms with Crippen LogP contribution >= 0.6 is 0 Å². The number of hydrogen-bond donors (Lipinski definition) is 1. The minimum Gasteiger partial charge on any atom is -0.493 e. The number of piperazine rings is 1. The first-order valence-corrected chi connectivity index (χ1v) is 9.16. The third kappa shape index (κ3) is 4.01. The molecule has 27 heavy (non-hydrogen) atoms. The Morgan fingerprint density at radius 3 is 2.19 bits per heavy atom. The van der Waals surface area contributed by atoms with E-state index in [1.54, 1.807) is 35.1 Å². The highest BCUT2D eigenvalue weighted by molar-refractivity contribution is 5.95. The summed E-state index contributed by atoms with van der Waals surface area (Å²) in [5.41, 5.74) is 6.00. The lowest BCUT2D eigenvalue weighted by atomic mass is 9.89. The van der Waals surface area contributed by atoms with Crippen LogP contribution in [0.2, 0.25) is 0 Å². The minimum atomic E-state index is -0.840. The maximum atomic E-state index is 12.8. The number of carbonyl (C=O) groups is 2. The van der Waals surface area contributed by atoms with Gasteiger partial charge in [-0.2, -0.15) is 0 Å². The molecular formula is C19H27N3O5. The summed E-state index contributed by atoms with van der Waals surface area (Å²) in [5, 5.41) is 0. The van der Waals surface area contributed by atoms with E-state index >= 15 is 0 Å². The van der Waals surface area contributed by atoms with Gasteiger partial charge >= 0.3 is 0 Å². The van der Waals surface area contributed by atoms with Gasteiger partial charge in [0, 0.05) is 45.0 Å². The van der Waals surface area contributed by atoms with Crippen LogP contribution < -0.4 is 15.2 Å². The van der Waals surface area contributed by atoms with E-state index in [1.165, 1.54) is 7.11 Å². The number of benzene rings is 1. The Morgan fingerprint density at radius 1 is 1.00 bits per heavy atom. The molecule has 2 N–H and O–H groups in total. The van der Waals surface area contributed by atoms with Crippen molar-refractivity contribution in [2.24, 2.45) is 5.73 Å². The van der Waals surface area contributed by atoms with E-state index in [0.717, 1.165) is 0 Å². The number of amides is 2. The molecule has 0 aliphatic carbocycles. The van der Waals surface area contributed by atoms with Crippen LogP contribution in [-0.4, -0.2) is 80.8 Å². The van der Waals surface area contributed by atoms with Gasteiger partial charge in [-0.3, -0.25) is 9.59 Å². The minimum absolute atomic E-state index is 0.0379. The van der Waals surface area contributed by atoms with Crippen molar-refractivity contribution in [1.29, 1.82) is 0 Å². The summed E-state index contributed by atoms with van der Waals surface area (Å²) in [4.78, 5) is 29.1. The van der Waals surface area contributed by atoms with E-state index < -0.39 is 5.54 Å². The molecule has 2 aliphatic heterocycles. The van der Waals surface area contributed by atoms with Crippen LogP contribution in [0.25, 0.3) is 0 Å². The van der Waals surface area contributed by atoms with E-state index in [0.29, 0.717) is 69.3 Å². The smallest absolute Gasteiger partial charge is 0.254 e. The van der Waals surface area contributed by atoms with Gasteiger partial charge in [0.2, 0.25) is 5.91 Å². The number of hydrogen-bond acceptors (Lipinski definition) is 6. The van der Waals surface area contributed by atoms with Crippen LogP contribution in [0.1, 0.15) is 23.2 Å². The SMILES string of the molecule is COc1ccc(C(=O)N2CCN(C(=O)C3(N)CCOCC3)CC2)cc1OC. The van der Waals surface area contributed by atoms with Crippen LogP contribution in [-0.2, 0) is 9.53 Å². The second-order valence-corrected chi connectivity index (χ2v) is 6.92. The Labute approximate surface area is 159 Å². The molecule has 8 nitrogen and oxygen atoms in total.